The molecule has 3 aromatic carbocycles. The summed E-state index contributed by atoms with van der Waals surface area (Å²) in [7, 11) is 0. The second kappa shape index (κ2) is 7.67. The summed E-state index contributed by atoms with van der Waals surface area (Å²) in [6.45, 7) is 1.70. The molecule has 2 N–H and O–H groups in total. The molecule has 5 heteroatoms. The molecule has 0 fully saturated rings. The number of carbonyl (C=O) groups is 2. The number of carbonyl (C=O) groups excluding carboxylic acids is 2. The average Bonchev–Trinajstić information content (AvgIpc) is 3.17. The van der Waals surface area contributed by atoms with E-state index in [4.69, 9.17) is 0 Å². The van der Waals surface area contributed by atoms with Gasteiger partial charge in [-0.15, -0.1) is 0 Å². The van der Waals surface area contributed by atoms with Gasteiger partial charge in [0.2, 0.25) is 11.8 Å². The first kappa shape index (κ1) is 18.4. The standard InChI is InChI=1S/C25H23N3O2/c29-24-15-20(19-9-3-5-11-22(19)26-24)25(30)27-21-10-4-1-8-18(21)16-28-14-13-17-7-2-6-12-23(17)28/h1-12,20H,13-16H2,(H,26,29)(H,27,30). The molecular weight excluding hydrogens is 374 g/mol. The van der Waals surface area contributed by atoms with E-state index in [1.54, 1.807) is 0 Å². The number of anilines is 3. The number of fused-ring (bicyclic) bond motifs is 2. The molecule has 0 aromatic heterocycles. The summed E-state index contributed by atoms with van der Waals surface area (Å²) < 4.78 is 0. The predicted octanol–water partition coefficient (Wildman–Crippen LogP) is 4.31. The number of amides is 2. The fourth-order valence-electron chi connectivity index (χ4n) is 4.42. The highest BCUT2D eigenvalue weighted by Gasteiger charge is 2.31. The summed E-state index contributed by atoms with van der Waals surface area (Å²) in [5, 5.41) is 5.95. The Morgan fingerprint density at radius 2 is 1.77 bits per heavy atom. The molecule has 30 heavy (non-hydrogen) atoms. The number of para-hydroxylation sites is 3. The molecule has 0 bridgehead atoms. The summed E-state index contributed by atoms with van der Waals surface area (Å²) in [5.41, 5.74) is 6.07. The minimum atomic E-state index is -0.490. The molecule has 150 valence electrons. The Hall–Kier alpha value is -3.60. The van der Waals surface area contributed by atoms with Crippen molar-refractivity contribution in [1.29, 1.82) is 0 Å². The summed E-state index contributed by atoms with van der Waals surface area (Å²) >= 11 is 0. The molecule has 2 heterocycles. The molecule has 0 spiro atoms. The van der Waals surface area contributed by atoms with Crippen LogP contribution in [0, 0.1) is 0 Å². The van der Waals surface area contributed by atoms with Gasteiger partial charge in [-0.1, -0.05) is 54.6 Å². The molecule has 0 aliphatic carbocycles. The van der Waals surface area contributed by atoms with Crippen molar-refractivity contribution in [3.8, 4) is 0 Å². The highest BCUT2D eigenvalue weighted by Crippen LogP contribution is 2.34. The number of hydrogen-bond acceptors (Lipinski definition) is 3. The monoisotopic (exact) mass is 397 g/mol. The first-order chi connectivity index (χ1) is 14.7. The lowest BCUT2D eigenvalue weighted by atomic mass is 9.89. The third-order valence-corrected chi connectivity index (χ3v) is 5.94. The Morgan fingerprint density at radius 3 is 2.70 bits per heavy atom. The maximum absolute atomic E-state index is 13.2. The van der Waals surface area contributed by atoms with Crippen molar-refractivity contribution in [3.05, 3.63) is 89.5 Å². The zero-order valence-electron chi connectivity index (χ0n) is 16.6. The SMILES string of the molecule is O=C1CC(C(=O)Nc2ccccc2CN2CCc3ccccc32)c2ccccc2N1. The fraction of sp³-hybridized carbons (Fsp3) is 0.200. The highest BCUT2D eigenvalue weighted by molar-refractivity contribution is 6.05. The van der Waals surface area contributed by atoms with Crippen LogP contribution >= 0.6 is 0 Å². The van der Waals surface area contributed by atoms with Crippen LogP contribution in [0.25, 0.3) is 0 Å². The summed E-state index contributed by atoms with van der Waals surface area (Å²) in [4.78, 5) is 27.6. The molecule has 2 amide bonds. The van der Waals surface area contributed by atoms with Crippen LogP contribution in [0.4, 0.5) is 17.1 Å². The van der Waals surface area contributed by atoms with Crippen LogP contribution in [-0.2, 0) is 22.6 Å². The first-order valence-electron chi connectivity index (χ1n) is 10.3. The zero-order chi connectivity index (χ0) is 20.5. The van der Waals surface area contributed by atoms with Crippen LogP contribution in [0.1, 0.15) is 29.0 Å². The first-order valence-corrected chi connectivity index (χ1v) is 10.3. The average molecular weight is 397 g/mol. The minimum Gasteiger partial charge on any atom is -0.367 e. The molecule has 2 aliphatic heterocycles. The summed E-state index contributed by atoms with van der Waals surface area (Å²) in [6.07, 6.45) is 1.20. The van der Waals surface area contributed by atoms with Gasteiger partial charge in [-0.25, -0.2) is 0 Å². The van der Waals surface area contributed by atoms with Gasteiger partial charge < -0.3 is 15.5 Å². The molecule has 5 rings (SSSR count). The lowest BCUT2D eigenvalue weighted by Gasteiger charge is -2.26. The third kappa shape index (κ3) is 3.43. The maximum atomic E-state index is 13.2. The molecule has 3 aromatic rings. The fourth-order valence-corrected chi connectivity index (χ4v) is 4.42. The minimum absolute atomic E-state index is 0.129. The van der Waals surface area contributed by atoms with Gasteiger partial charge in [0.1, 0.15) is 0 Å². The van der Waals surface area contributed by atoms with E-state index < -0.39 is 5.92 Å². The van der Waals surface area contributed by atoms with Gasteiger partial charge in [-0.2, -0.15) is 0 Å². The van der Waals surface area contributed by atoms with Gasteiger partial charge in [0.05, 0.1) is 5.92 Å². The Kier molecular flexibility index (Phi) is 4.71. The third-order valence-electron chi connectivity index (χ3n) is 5.94. The number of benzene rings is 3. The van der Waals surface area contributed by atoms with E-state index in [1.165, 1.54) is 11.3 Å². The van der Waals surface area contributed by atoms with E-state index in [0.29, 0.717) is 0 Å². The van der Waals surface area contributed by atoms with Crippen molar-refractivity contribution in [1.82, 2.24) is 0 Å². The van der Waals surface area contributed by atoms with E-state index in [0.717, 1.165) is 42.0 Å². The highest BCUT2D eigenvalue weighted by atomic mass is 16.2. The summed E-state index contributed by atoms with van der Waals surface area (Å²) in [6, 6.07) is 23.9. The second-order valence-electron chi connectivity index (χ2n) is 7.84. The van der Waals surface area contributed by atoms with Crippen LogP contribution in [0.5, 0.6) is 0 Å². The van der Waals surface area contributed by atoms with Crippen LogP contribution in [-0.4, -0.2) is 18.4 Å². The van der Waals surface area contributed by atoms with Gasteiger partial charge in [-0.05, 0) is 41.3 Å². The molecule has 2 aliphatic rings. The van der Waals surface area contributed by atoms with E-state index in [1.807, 2.05) is 42.5 Å². The Morgan fingerprint density at radius 1 is 1.00 bits per heavy atom. The molecule has 0 saturated heterocycles. The van der Waals surface area contributed by atoms with Gasteiger partial charge >= 0.3 is 0 Å². The van der Waals surface area contributed by atoms with Crippen molar-refractivity contribution in [2.45, 2.75) is 25.3 Å². The molecule has 0 radical (unpaired) electrons. The Bertz CT molecular complexity index is 1120. The van der Waals surface area contributed by atoms with Crippen LogP contribution < -0.4 is 15.5 Å². The van der Waals surface area contributed by atoms with Crippen molar-refractivity contribution in [3.63, 3.8) is 0 Å². The van der Waals surface area contributed by atoms with Crippen molar-refractivity contribution < 1.29 is 9.59 Å². The largest absolute Gasteiger partial charge is 0.367 e. The van der Waals surface area contributed by atoms with Crippen LogP contribution in [0.15, 0.2) is 72.8 Å². The number of nitrogens with zero attached hydrogens (tertiary/aromatic N) is 1. The Balaban J connectivity index is 1.38. The van der Waals surface area contributed by atoms with E-state index >= 15 is 0 Å². The normalized spacial score (nSPS) is 17.1. The van der Waals surface area contributed by atoms with E-state index in [-0.39, 0.29) is 18.2 Å². The van der Waals surface area contributed by atoms with Gasteiger partial charge in [-0.3, -0.25) is 9.59 Å². The van der Waals surface area contributed by atoms with Gasteiger partial charge in [0.25, 0.3) is 0 Å². The van der Waals surface area contributed by atoms with Gasteiger partial charge in [0, 0.05) is 36.6 Å². The maximum Gasteiger partial charge on any atom is 0.232 e. The summed E-state index contributed by atoms with van der Waals surface area (Å²) in [5.74, 6) is -0.766. The van der Waals surface area contributed by atoms with Crippen molar-refractivity contribution in [2.75, 3.05) is 22.1 Å². The van der Waals surface area contributed by atoms with Crippen molar-refractivity contribution in [2.24, 2.45) is 0 Å². The number of nitrogens with one attached hydrogen (secondary N) is 2. The number of hydrogen-bond donors (Lipinski definition) is 2. The smallest absolute Gasteiger partial charge is 0.232 e. The van der Waals surface area contributed by atoms with Crippen molar-refractivity contribution >= 4 is 28.9 Å². The molecule has 1 unspecified atom stereocenters. The lowest BCUT2D eigenvalue weighted by Crippen LogP contribution is -2.31. The quantitative estimate of drug-likeness (QED) is 0.690. The molecule has 1 atom stereocenters. The molecule has 5 nitrogen and oxygen atoms in total. The van der Waals surface area contributed by atoms with E-state index in [9.17, 15) is 9.59 Å². The second-order valence-corrected chi connectivity index (χ2v) is 7.84. The molecular formula is C25H23N3O2. The van der Waals surface area contributed by atoms with Crippen LogP contribution in [0.2, 0.25) is 0 Å². The predicted molar refractivity (Wildman–Crippen MR) is 119 cm³/mol. The number of rotatable bonds is 4. The zero-order valence-corrected chi connectivity index (χ0v) is 16.6. The van der Waals surface area contributed by atoms with Gasteiger partial charge in [0.15, 0.2) is 0 Å². The lowest BCUT2D eigenvalue weighted by molar-refractivity contribution is -0.123. The van der Waals surface area contributed by atoms with E-state index in [2.05, 4.69) is 45.9 Å². The Labute approximate surface area is 175 Å². The topological polar surface area (TPSA) is 61.4 Å². The van der Waals surface area contributed by atoms with Crippen LogP contribution in [0.3, 0.4) is 0 Å². The molecule has 0 saturated carbocycles.